The molecule has 1 aromatic rings. The second-order valence-electron chi connectivity index (χ2n) is 3.37. The molecule has 6 heteroatoms. The van der Waals surface area contributed by atoms with Crippen LogP contribution in [0.4, 0.5) is 9.18 Å². The summed E-state index contributed by atoms with van der Waals surface area (Å²) in [6, 6.07) is 4.83. The second-order valence-corrected chi connectivity index (χ2v) is 4.23. The summed E-state index contributed by atoms with van der Waals surface area (Å²) in [5.74, 6) is 0.654. The van der Waals surface area contributed by atoms with E-state index in [1.165, 1.54) is 0 Å². The SMILES string of the molecule is NC(=O)NCc1ccc(OCCCF)c(Br)c1. The van der Waals surface area contributed by atoms with Gasteiger partial charge in [0.05, 0.1) is 17.8 Å². The second kappa shape index (κ2) is 7.11. The Kier molecular flexibility index (Phi) is 5.76. The Hall–Kier alpha value is -1.30. The van der Waals surface area contributed by atoms with Crippen molar-refractivity contribution in [1.82, 2.24) is 5.32 Å². The molecule has 0 aliphatic carbocycles. The van der Waals surface area contributed by atoms with Gasteiger partial charge < -0.3 is 15.8 Å². The molecule has 0 spiro atoms. The Labute approximate surface area is 107 Å². The molecule has 0 atom stereocenters. The van der Waals surface area contributed by atoms with Gasteiger partial charge in [-0.2, -0.15) is 0 Å². The summed E-state index contributed by atoms with van der Waals surface area (Å²) >= 11 is 3.34. The van der Waals surface area contributed by atoms with Gasteiger partial charge in [0.1, 0.15) is 5.75 Å². The quantitative estimate of drug-likeness (QED) is 0.792. The number of halogens is 2. The number of ether oxygens (including phenoxy) is 1. The molecule has 17 heavy (non-hydrogen) atoms. The zero-order valence-corrected chi connectivity index (χ0v) is 10.8. The van der Waals surface area contributed by atoms with Crippen LogP contribution in [0.3, 0.4) is 0 Å². The lowest BCUT2D eigenvalue weighted by atomic mass is 10.2. The fourth-order valence-electron chi connectivity index (χ4n) is 1.20. The maximum Gasteiger partial charge on any atom is 0.312 e. The molecule has 0 saturated carbocycles. The van der Waals surface area contributed by atoms with E-state index in [9.17, 15) is 9.18 Å². The Morgan fingerprint density at radius 1 is 1.53 bits per heavy atom. The smallest absolute Gasteiger partial charge is 0.312 e. The largest absolute Gasteiger partial charge is 0.492 e. The fraction of sp³-hybridized carbons (Fsp3) is 0.364. The summed E-state index contributed by atoms with van der Waals surface area (Å²) in [4.78, 5) is 10.5. The van der Waals surface area contributed by atoms with Gasteiger partial charge in [-0.05, 0) is 33.6 Å². The van der Waals surface area contributed by atoms with E-state index < -0.39 is 12.7 Å². The minimum Gasteiger partial charge on any atom is -0.492 e. The number of carbonyl (C=O) groups excluding carboxylic acids is 1. The van der Waals surface area contributed by atoms with E-state index in [0.29, 0.717) is 25.3 Å². The van der Waals surface area contributed by atoms with E-state index in [1.807, 2.05) is 12.1 Å². The average Bonchev–Trinajstić information content (AvgIpc) is 2.29. The van der Waals surface area contributed by atoms with Gasteiger partial charge in [-0.15, -0.1) is 0 Å². The minimum atomic E-state index is -0.565. The first-order valence-corrected chi connectivity index (χ1v) is 5.93. The number of alkyl halides is 1. The van der Waals surface area contributed by atoms with Crippen molar-refractivity contribution >= 4 is 22.0 Å². The molecular weight excluding hydrogens is 291 g/mol. The molecule has 2 amide bonds. The van der Waals surface area contributed by atoms with E-state index in [4.69, 9.17) is 10.5 Å². The Balaban J connectivity index is 2.56. The summed E-state index contributed by atoms with van der Waals surface area (Å²) in [7, 11) is 0. The van der Waals surface area contributed by atoms with Crippen molar-refractivity contribution in [2.45, 2.75) is 13.0 Å². The van der Waals surface area contributed by atoms with Crippen molar-refractivity contribution in [2.75, 3.05) is 13.3 Å². The fourth-order valence-corrected chi connectivity index (χ4v) is 1.74. The van der Waals surface area contributed by atoms with E-state index >= 15 is 0 Å². The molecule has 4 nitrogen and oxygen atoms in total. The molecule has 0 heterocycles. The highest BCUT2D eigenvalue weighted by Crippen LogP contribution is 2.26. The highest BCUT2D eigenvalue weighted by Gasteiger charge is 2.03. The number of urea groups is 1. The first-order valence-electron chi connectivity index (χ1n) is 5.14. The van der Waals surface area contributed by atoms with Gasteiger partial charge in [-0.25, -0.2) is 4.79 Å². The monoisotopic (exact) mass is 304 g/mol. The van der Waals surface area contributed by atoms with Gasteiger partial charge >= 0.3 is 6.03 Å². The number of primary amides is 1. The van der Waals surface area contributed by atoms with E-state index in [1.54, 1.807) is 6.07 Å². The summed E-state index contributed by atoms with van der Waals surface area (Å²) in [6.07, 6.45) is 0.372. The standard InChI is InChI=1S/C11H14BrFN2O2/c12-9-6-8(7-15-11(14)16)2-3-10(9)17-5-1-4-13/h2-3,6H,1,4-5,7H2,(H3,14,15,16). The van der Waals surface area contributed by atoms with Crippen LogP contribution in [0.15, 0.2) is 22.7 Å². The van der Waals surface area contributed by atoms with Crippen molar-refractivity contribution in [3.05, 3.63) is 28.2 Å². The molecular formula is C11H14BrFN2O2. The lowest BCUT2D eigenvalue weighted by Gasteiger charge is -2.09. The van der Waals surface area contributed by atoms with Crippen molar-refractivity contribution < 1.29 is 13.9 Å². The van der Waals surface area contributed by atoms with Gasteiger partial charge in [0.2, 0.25) is 0 Å². The number of hydrogen-bond donors (Lipinski definition) is 2. The van der Waals surface area contributed by atoms with Crippen molar-refractivity contribution in [3.63, 3.8) is 0 Å². The van der Waals surface area contributed by atoms with Crippen LogP contribution in [0.5, 0.6) is 5.75 Å². The topological polar surface area (TPSA) is 64.4 Å². The maximum atomic E-state index is 11.9. The molecule has 94 valence electrons. The molecule has 0 unspecified atom stereocenters. The number of nitrogens with one attached hydrogen (secondary N) is 1. The number of carbonyl (C=O) groups is 1. The summed E-state index contributed by atoms with van der Waals surface area (Å²) < 4.78 is 18.0. The average molecular weight is 305 g/mol. The molecule has 1 rings (SSSR count). The molecule has 0 aliphatic heterocycles. The van der Waals surface area contributed by atoms with E-state index in [2.05, 4.69) is 21.2 Å². The predicted octanol–water partition coefficient (Wildman–Crippen LogP) is 2.36. The van der Waals surface area contributed by atoms with Crippen LogP contribution in [0.1, 0.15) is 12.0 Å². The van der Waals surface area contributed by atoms with Gasteiger partial charge in [-0.1, -0.05) is 6.07 Å². The number of hydrogen-bond acceptors (Lipinski definition) is 2. The van der Waals surface area contributed by atoms with Crippen LogP contribution in [-0.2, 0) is 6.54 Å². The Bertz CT molecular complexity index is 388. The van der Waals surface area contributed by atoms with E-state index in [0.717, 1.165) is 10.0 Å². The first kappa shape index (κ1) is 13.8. The minimum absolute atomic E-state index is 0.341. The number of nitrogens with two attached hydrogens (primary N) is 1. The third-order valence-electron chi connectivity index (χ3n) is 2.00. The normalized spacial score (nSPS) is 10.0. The van der Waals surface area contributed by atoms with Gasteiger partial charge in [0.25, 0.3) is 0 Å². The van der Waals surface area contributed by atoms with Crippen molar-refractivity contribution in [1.29, 1.82) is 0 Å². The molecule has 0 aliphatic rings. The Morgan fingerprint density at radius 2 is 2.29 bits per heavy atom. The molecule has 0 aromatic heterocycles. The van der Waals surface area contributed by atoms with E-state index in [-0.39, 0.29) is 0 Å². The molecule has 3 N–H and O–H groups in total. The molecule has 0 radical (unpaired) electrons. The number of amides is 2. The molecule has 0 saturated heterocycles. The third-order valence-corrected chi connectivity index (χ3v) is 2.62. The van der Waals surface area contributed by atoms with Crippen molar-refractivity contribution in [2.24, 2.45) is 5.73 Å². The maximum absolute atomic E-state index is 11.9. The predicted molar refractivity (Wildman–Crippen MR) is 66.7 cm³/mol. The third kappa shape index (κ3) is 5.04. The van der Waals surface area contributed by atoms with Crippen LogP contribution < -0.4 is 15.8 Å². The first-order chi connectivity index (χ1) is 8.13. The molecule has 0 fully saturated rings. The van der Waals surface area contributed by atoms with Crippen LogP contribution in [0, 0.1) is 0 Å². The van der Waals surface area contributed by atoms with Crippen LogP contribution in [-0.4, -0.2) is 19.3 Å². The molecule has 1 aromatic carbocycles. The number of rotatable bonds is 6. The van der Waals surface area contributed by atoms with Crippen LogP contribution in [0.2, 0.25) is 0 Å². The molecule has 0 bridgehead atoms. The highest BCUT2D eigenvalue weighted by molar-refractivity contribution is 9.10. The zero-order valence-electron chi connectivity index (χ0n) is 9.21. The lowest BCUT2D eigenvalue weighted by Crippen LogP contribution is -2.28. The Morgan fingerprint density at radius 3 is 2.88 bits per heavy atom. The van der Waals surface area contributed by atoms with Crippen LogP contribution in [0.25, 0.3) is 0 Å². The summed E-state index contributed by atoms with van der Waals surface area (Å²) in [5.41, 5.74) is 5.86. The van der Waals surface area contributed by atoms with Crippen LogP contribution >= 0.6 is 15.9 Å². The number of benzene rings is 1. The van der Waals surface area contributed by atoms with Gasteiger partial charge in [0.15, 0.2) is 0 Å². The summed E-state index contributed by atoms with van der Waals surface area (Å²) in [5, 5.41) is 2.49. The van der Waals surface area contributed by atoms with Gasteiger partial charge in [-0.3, -0.25) is 4.39 Å². The summed E-state index contributed by atoms with van der Waals surface area (Å²) in [6.45, 7) is 0.310. The zero-order chi connectivity index (χ0) is 12.7. The highest BCUT2D eigenvalue weighted by atomic mass is 79.9. The lowest BCUT2D eigenvalue weighted by molar-refractivity contribution is 0.248. The van der Waals surface area contributed by atoms with Gasteiger partial charge in [0, 0.05) is 13.0 Å². The van der Waals surface area contributed by atoms with Crippen molar-refractivity contribution in [3.8, 4) is 5.75 Å².